The third-order valence-electron chi connectivity index (χ3n) is 8.59. The van der Waals surface area contributed by atoms with Crippen LogP contribution in [0.5, 0.6) is 17.2 Å². The van der Waals surface area contributed by atoms with Gasteiger partial charge >= 0.3 is 0 Å². The predicted octanol–water partition coefficient (Wildman–Crippen LogP) is -0.435. The summed E-state index contributed by atoms with van der Waals surface area (Å²) in [5.41, 5.74) is 3.08. The number of hydrogen-bond acceptors (Lipinski definition) is 11. The van der Waals surface area contributed by atoms with Crippen molar-refractivity contribution in [2.45, 2.75) is 17.7 Å². The van der Waals surface area contributed by atoms with E-state index in [9.17, 15) is 39.3 Å². The van der Waals surface area contributed by atoms with Crippen LogP contribution in [0, 0.1) is 23.7 Å². The third kappa shape index (κ3) is 3.54. The molecular formula is C29H26N2O10. The predicted molar refractivity (Wildman–Crippen MR) is 139 cm³/mol. The van der Waals surface area contributed by atoms with E-state index in [0.29, 0.717) is 17.1 Å². The summed E-state index contributed by atoms with van der Waals surface area (Å²) in [4.78, 5) is 68.4. The largest absolute Gasteiger partial charge is 0.507 e. The Balaban J connectivity index is 1.60. The van der Waals surface area contributed by atoms with Gasteiger partial charge in [0.15, 0.2) is 46.2 Å². The van der Waals surface area contributed by atoms with Crippen LogP contribution in [0.2, 0.25) is 0 Å². The first-order valence-corrected chi connectivity index (χ1v) is 12.9. The molecule has 4 aliphatic rings. The maximum absolute atomic E-state index is 14.2. The lowest BCUT2D eigenvalue weighted by atomic mass is 9.50. The topological polar surface area (TPSA) is 194 Å². The van der Waals surface area contributed by atoms with E-state index in [0.717, 1.165) is 0 Å². The molecule has 2 aromatic carbocycles. The summed E-state index contributed by atoms with van der Waals surface area (Å²) in [6, 6.07) is 7.84. The highest BCUT2D eigenvalue weighted by Crippen LogP contribution is 2.54. The number of ether oxygens (including phenoxy) is 2. The van der Waals surface area contributed by atoms with Gasteiger partial charge in [0.1, 0.15) is 5.75 Å². The molecule has 3 aliphatic carbocycles. The fraction of sp³-hybridized carbons (Fsp3) is 0.345. The molecule has 1 amide bonds. The van der Waals surface area contributed by atoms with Gasteiger partial charge in [-0.3, -0.25) is 28.9 Å². The van der Waals surface area contributed by atoms with Crippen LogP contribution >= 0.6 is 0 Å². The zero-order valence-electron chi connectivity index (χ0n) is 21.9. The zero-order valence-corrected chi connectivity index (χ0v) is 21.9. The number of aliphatic hydroxyl groups is 2. The molecule has 6 rings (SSSR count). The normalized spacial score (nSPS) is 33.0. The Morgan fingerprint density at radius 1 is 1.07 bits per heavy atom. The van der Waals surface area contributed by atoms with E-state index in [1.165, 1.54) is 31.1 Å². The number of likely N-dealkylation sites (N-methyl/N-ethyl adjacent to an activating group) is 1. The number of rotatable bonds is 3. The average molecular weight is 563 g/mol. The van der Waals surface area contributed by atoms with E-state index in [2.05, 4.69) is 0 Å². The highest BCUT2D eigenvalue weighted by molar-refractivity contribution is 6.33. The molecule has 5 N–H and O–H groups in total. The van der Waals surface area contributed by atoms with Crippen molar-refractivity contribution in [3.8, 4) is 17.2 Å². The molecule has 12 nitrogen and oxygen atoms in total. The highest BCUT2D eigenvalue weighted by Gasteiger charge is 2.72. The Bertz CT molecular complexity index is 1600. The van der Waals surface area contributed by atoms with E-state index < -0.39 is 76.2 Å². The molecule has 2 aromatic rings. The van der Waals surface area contributed by atoms with Crippen LogP contribution in [-0.2, 0) is 19.2 Å². The van der Waals surface area contributed by atoms with Gasteiger partial charge in [0.25, 0.3) is 0 Å². The number of primary amides is 1. The van der Waals surface area contributed by atoms with Crippen molar-refractivity contribution >= 4 is 40.7 Å². The number of carbonyl (C=O) groups is 5. The number of phenolic OH excluding ortho intramolecular Hbond substituents is 1. The van der Waals surface area contributed by atoms with Crippen molar-refractivity contribution in [3.63, 3.8) is 0 Å². The van der Waals surface area contributed by atoms with E-state index in [1.54, 1.807) is 30.3 Å². The van der Waals surface area contributed by atoms with Gasteiger partial charge in [-0.15, -0.1) is 0 Å². The molecule has 1 aliphatic heterocycles. The van der Waals surface area contributed by atoms with Gasteiger partial charge in [-0.05, 0) is 49.0 Å². The number of nitrogens with zero attached hydrogens (tertiary/aromatic N) is 1. The van der Waals surface area contributed by atoms with Crippen molar-refractivity contribution < 1.29 is 48.8 Å². The Morgan fingerprint density at radius 3 is 2.46 bits per heavy atom. The number of amides is 1. The quantitative estimate of drug-likeness (QED) is 0.355. The lowest BCUT2D eigenvalue weighted by Gasteiger charge is -2.55. The van der Waals surface area contributed by atoms with Crippen molar-refractivity contribution in [1.29, 1.82) is 0 Å². The first-order valence-electron chi connectivity index (χ1n) is 12.9. The summed E-state index contributed by atoms with van der Waals surface area (Å²) in [7, 11) is 2.87. The van der Waals surface area contributed by atoms with Gasteiger partial charge < -0.3 is 30.5 Å². The Morgan fingerprint density at radius 2 is 1.78 bits per heavy atom. The van der Waals surface area contributed by atoms with Crippen molar-refractivity contribution in [2.75, 3.05) is 20.9 Å². The second kappa shape index (κ2) is 9.06. The standard InChI is InChI=1S/C29H26N2O10/c1-31(2)22-21-24(34)18-13(8-11-6-7-15-16(9-11)41-10-40-15)12-4-3-5-14(32)17(12)23(33)19(18)26(36)29(21,39)27(37)20(25(22)35)28(30)38/h3-9,18-22,24,32,34,39H,10H2,1-2H3,(H2,30,38)/t18-,19?,20?,21-,22+,24+,29+/m0/s1. The first-order chi connectivity index (χ1) is 19.4. The molecule has 2 unspecified atom stereocenters. The molecule has 2 fully saturated rings. The summed E-state index contributed by atoms with van der Waals surface area (Å²) in [6.07, 6.45) is -0.189. The third-order valence-corrected chi connectivity index (χ3v) is 8.59. The molecule has 0 radical (unpaired) electrons. The summed E-state index contributed by atoms with van der Waals surface area (Å²) < 4.78 is 10.8. The number of ketones is 4. The van der Waals surface area contributed by atoms with Crippen LogP contribution in [0.3, 0.4) is 0 Å². The first kappa shape index (κ1) is 26.8. The number of Topliss-reactive ketones (excluding diaryl/α,β-unsaturated/α-hetero) is 4. The Labute approximate surface area is 232 Å². The summed E-state index contributed by atoms with van der Waals surface area (Å²) in [6.45, 7) is 0.0268. The van der Waals surface area contributed by atoms with Crippen molar-refractivity contribution in [1.82, 2.24) is 4.90 Å². The Hall–Kier alpha value is -4.39. The fourth-order valence-electron chi connectivity index (χ4n) is 6.85. The highest BCUT2D eigenvalue weighted by atomic mass is 16.7. The molecule has 41 heavy (non-hydrogen) atoms. The molecule has 0 spiro atoms. The van der Waals surface area contributed by atoms with Gasteiger partial charge in [0, 0.05) is 5.92 Å². The molecule has 2 saturated carbocycles. The summed E-state index contributed by atoms with van der Waals surface area (Å²) in [5, 5.41) is 34.4. The Kier molecular flexibility index (Phi) is 5.93. The van der Waals surface area contributed by atoms with Crippen molar-refractivity contribution in [2.24, 2.45) is 29.4 Å². The second-order valence-corrected chi connectivity index (χ2v) is 10.9. The molecule has 1 heterocycles. The van der Waals surface area contributed by atoms with Crippen LogP contribution in [0.4, 0.5) is 0 Å². The maximum atomic E-state index is 14.2. The molecule has 0 bridgehead atoms. The SMILES string of the molecule is CN(C)[C@H]1C(=O)C(C(N)=O)C(=O)[C@]2(O)C(=O)C3C(=O)c4c(O)cccc4C(=Cc4ccc5c(c4)OCO5)[C@@H]3[C@@H](O)[C@H]12. The van der Waals surface area contributed by atoms with Gasteiger partial charge in [-0.1, -0.05) is 24.3 Å². The monoisotopic (exact) mass is 562 g/mol. The van der Waals surface area contributed by atoms with Crippen molar-refractivity contribution in [3.05, 3.63) is 53.1 Å². The minimum absolute atomic E-state index is 0.0268. The molecule has 7 atom stereocenters. The minimum Gasteiger partial charge on any atom is -0.507 e. The number of aromatic hydroxyl groups is 1. The van der Waals surface area contributed by atoms with E-state index >= 15 is 0 Å². The number of phenols is 1. The number of aliphatic hydroxyl groups excluding tert-OH is 1. The maximum Gasteiger partial charge on any atom is 0.235 e. The van der Waals surface area contributed by atoms with Crippen LogP contribution in [0.25, 0.3) is 11.6 Å². The van der Waals surface area contributed by atoms with Gasteiger partial charge in [-0.25, -0.2) is 0 Å². The summed E-state index contributed by atoms with van der Waals surface area (Å²) >= 11 is 0. The van der Waals surface area contributed by atoms with Crippen LogP contribution in [0.1, 0.15) is 21.5 Å². The number of fused-ring (bicyclic) bond motifs is 4. The van der Waals surface area contributed by atoms with Crippen LogP contribution < -0.4 is 15.2 Å². The van der Waals surface area contributed by atoms with Crippen LogP contribution in [0.15, 0.2) is 36.4 Å². The van der Waals surface area contributed by atoms with E-state index in [4.69, 9.17) is 15.2 Å². The lowest BCUT2D eigenvalue weighted by Crippen LogP contribution is -2.77. The molecule has 0 aromatic heterocycles. The second-order valence-electron chi connectivity index (χ2n) is 10.9. The van der Waals surface area contributed by atoms with E-state index in [-0.39, 0.29) is 23.5 Å². The molecule has 212 valence electrons. The zero-order chi connectivity index (χ0) is 29.5. The summed E-state index contributed by atoms with van der Waals surface area (Å²) in [5.74, 6) is -12.5. The number of carbonyl (C=O) groups excluding carboxylic acids is 5. The average Bonchev–Trinajstić information content (AvgIpc) is 3.38. The number of nitrogens with two attached hydrogens (primary N) is 1. The molecule has 12 heteroatoms. The van der Waals surface area contributed by atoms with Gasteiger partial charge in [0.05, 0.1) is 29.5 Å². The number of benzene rings is 2. The van der Waals surface area contributed by atoms with Gasteiger partial charge in [-0.2, -0.15) is 0 Å². The number of hydrogen-bond donors (Lipinski definition) is 4. The lowest BCUT2D eigenvalue weighted by molar-refractivity contribution is -0.192. The van der Waals surface area contributed by atoms with E-state index in [1.807, 2.05) is 0 Å². The van der Waals surface area contributed by atoms with Crippen LogP contribution in [-0.4, -0.2) is 87.9 Å². The van der Waals surface area contributed by atoms with Gasteiger partial charge in [0.2, 0.25) is 12.7 Å². The molecule has 0 saturated heterocycles. The minimum atomic E-state index is -3.08. The smallest absolute Gasteiger partial charge is 0.235 e. The fourth-order valence-corrected chi connectivity index (χ4v) is 6.85. The molecular weight excluding hydrogens is 536 g/mol.